The Morgan fingerprint density at radius 3 is 2.65 bits per heavy atom. The Labute approximate surface area is 125 Å². The summed E-state index contributed by atoms with van der Waals surface area (Å²) < 4.78 is 0. The van der Waals surface area contributed by atoms with Gasteiger partial charge in [0.15, 0.2) is 5.16 Å². The highest BCUT2D eigenvalue weighted by Crippen LogP contribution is 2.26. The summed E-state index contributed by atoms with van der Waals surface area (Å²) in [5.41, 5.74) is 0.998. The van der Waals surface area contributed by atoms with Gasteiger partial charge in [0.05, 0.1) is 5.52 Å². The predicted molar refractivity (Wildman–Crippen MR) is 87.6 cm³/mol. The lowest BCUT2D eigenvalue weighted by molar-refractivity contribution is 0.425. The lowest BCUT2D eigenvalue weighted by Crippen LogP contribution is -2.21. The summed E-state index contributed by atoms with van der Waals surface area (Å²) in [4.78, 5) is 11.4. The van der Waals surface area contributed by atoms with Crippen LogP contribution in [0.5, 0.6) is 0 Å². The van der Waals surface area contributed by atoms with Crippen molar-refractivity contribution in [3.05, 3.63) is 24.3 Å². The summed E-state index contributed by atoms with van der Waals surface area (Å²) in [6, 6.07) is 8.15. The molecule has 0 radical (unpaired) electrons. The van der Waals surface area contributed by atoms with Gasteiger partial charge in [-0.1, -0.05) is 37.7 Å². The van der Waals surface area contributed by atoms with Crippen molar-refractivity contribution >= 4 is 28.5 Å². The number of thioether (sulfide) groups is 1. The van der Waals surface area contributed by atoms with E-state index in [2.05, 4.69) is 54.2 Å². The first-order chi connectivity index (χ1) is 9.56. The molecule has 0 saturated heterocycles. The van der Waals surface area contributed by atoms with E-state index in [9.17, 15) is 0 Å². The van der Waals surface area contributed by atoms with E-state index in [0.29, 0.717) is 5.25 Å². The van der Waals surface area contributed by atoms with Crippen molar-refractivity contribution in [1.29, 1.82) is 0 Å². The maximum Gasteiger partial charge on any atom is 0.190 e. The Hall–Kier alpha value is -1.33. The second kappa shape index (κ2) is 6.90. The van der Waals surface area contributed by atoms with Crippen LogP contribution in [0.3, 0.4) is 0 Å². The molecule has 4 nitrogen and oxygen atoms in total. The van der Waals surface area contributed by atoms with Gasteiger partial charge in [-0.2, -0.15) is 0 Å². The monoisotopic (exact) mass is 290 g/mol. The van der Waals surface area contributed by atoms with E-state index in [0.717, 1.165) is 35.0 Å². The Kier molecular flexibility index (Phi) is 5.20. The van der Waals surface area contributed by atoms with Crippen molar-refractivity contribution in [2.45, 2.75) is 24.3 Å². The molecule has 20 heavy (non-hydrogen) atoms. The third-order valence-corrected chi connectivity index (χ3v) is 3.64. The van der Waals surface area contributed by atoms with Crippen LogP contribution in [0.25, 0.3) is 10.9 Å². The molecule has 0 amide bonds. The van der Waals surface area contributed by atoms with Crippen LogP contribution >= 0.6 is 11.8 Å². The number of aromatic nitrogens is 2. The number of nitrogens with one attached hydrogen (secondary N) is 1. The topological polar surface area (TPSA) is 41.1 Å². The Morgan fingerprint density at radius 2 is 1.95 bits per heavy atom. The minimum Gasteiger partial charge on any atom is -0.368 e. The van der Waals surface area contributed by atoms with Crippen LogP contribution < -0.4 is 5.32 Å². The summed E-state index contributed by atoms with van der Waals surface area (Å²) in [6.07, 6.45) is 0. The quantitative estimate of drug-likeness (QED) is 0.654. The van der Waals surface area contributed by atoms with E-state index in [1.54, 1.807) is 11.8 Å². The highest BCUT2D eigenvalue weighted by molar-refractivity contribution is 7.99. The highest BCUT2D eigenvalue weighted by atomic mass is 32.2. The van der Waals surface area contributed by atoms with Crippen molar-refractivity contribution in [2.75, 3.05) is 32.5 Å². The average Bonchev–Trinajstić information content (AvgIpc) is 2.37. The maximum atomic E-state index is 4.66. The van der Waals surface area contributed by atoms with E-state index in [1.807, 2.05) is 18.2 Å². The smallest absolute Gasteiger partial charge is 0.190 e. The zero-order valence-electron chi connectivity index (χ0n) is 12.6. The van der Waals surface area contributed by atoms with Crippen LogP contribution in [0.1, 0.15) is 13.8 Å². The van der Waals surface area contributed by atoms with Gasteiger partial charge in [-0.3, -0.25) is 0 Å². The van der Waals surface area contributed by atoms with Crippen molar-refractivity contribution in [1.82, 2.24) is 14.9 Å². The van der Waals surface area contributed by atoms with Crippen LogP contribution in [0.2, 0.25) is 0 Å². The van der Waals surface area contributed by atoms with Gasteiger partial charge in [0.25, 0.3) is 0 Å². The van der Waals surface area contributed by atoms with Crippen molar-refractivity contribution < 1.29 is 0 Å². The summed E-state index contributed by atoms with van der Waals surface area (Å²) in [5, 5.41) is 5.83. The molecule has 0 saturated carbocycles. The van der Waals surface area contributed by atoms with E-state index in [-0.39, 0.29) is 0 Å². The van der Waals surface area contributed by atoms with E-state index >= 15 is 0 Å². The first-order valence-corrected chi connectivity index (χ1v) is 7.76. The molecule has 1 aromatic heterocycles. The van der Waals surface area contributed by atoms with Gasteiger partial charge in [0, 0.05) is 23.7 Å². The number of hydrogen-bond donors (Lipinski definition) is 1. The third-order valence-electron chi connectivity index (χ3n) is 2.78. The van der Waals surface area contributed by atoms with Crippen LogP contribution in [0.4, 0.5) is 5.82 Å². The molecule has 0 aliphatic rings. The molecule has 0 unspecified atom stereocenters. The Balaban J connectivity index is 2.29. The summed E-state index contributed by atoms with van der Waals surface area (Å²) in [6.45, 7) is 6.16. The number of anilines is 1. The number of hydrogen-bond acceptors (Lipinski definition) is 5. The van der Waals surface area contributed by atoms with Crippen LogP contribution in [-0.2, 0) is 0 Å². The maximum absolute atomic E-state index is 4.66. The number of likely N-dealkylation sites (N-methyl/N-ethyl adjacent to an activating group) is 1. The second-order valence-electron chi connectivity index (χ2n) is 5.27. The first-order valence-electron chi connectivity index (χ1n) is 6.88. The summed E-state index contributed by atoms with van der Waals surface area (Å²) >= 11 is 1.69. The lowest BCUT2D eigenvalue weighted by Gasteiger charge is -2.13. The molecule has 0 fully saturated rings. The normalized spacial score (nSPS) is 11.5. The minimum atomic E-state index is 0.478. The second-order valence-corrected chi connectivity index (χ2v) is 6.81. The van der Waals surface area contributed by atoms with Crippen LogP contribution in [0, 0.1) is 0 Å². The predicted octanol–water partition coefficient (Wildman–Crippen LogP) is 3.10. The Bertz CT molecular complexity index is 569. The number of para-hydroxylation sites is 1. The molecule has 108 valence electrons. The number of benzene rings is 1. The standard InChI is InChI=1S/C15H22N4S/c1-11(2)20-15-17-13-8-6-5-7-12(13)14(18-15)16-9-10-19(3)4/h5-8,11H,9-10H2,1-4H3,(H,16,17,18). The summed E-state index contributed by atoms with van der Waals surface area (Å²) in [7, 11) is 4.14. The molecule has 0 spiro atoms. The summed E-state index contributed by atoms with van der Waals surface area (Å²) in [5.74, 6) is 0.931. The van der Waals surface area contributed by atoms with Gasteiger partial charge in [-0.05, 0) is 26.2 Å². The fourth-order valence-corrected chi connectivity index (χ4v) is 2.57. The zero-order valence-corrected chi connectivity index (χ0v) is 13.4. The molecule has 0 aliphatic heterocycles. The molecule has 1 N–H and O–H groups in total. The fourth-order valence-electron chi connectivity index (χ4n) is 1.85. The van der Waals surface area contributed by atoms with Gasteiger partial charge in [0.2, 0.25) is 0 Å². The molecule has 0 atom stereocenters. The minimum absolute atomic E-state index is 0.478. The third kappa shape index (κ3) is 4.08. The van der Waals surface area contributed by atoms with E-state index in [1.165, 1.54) is 0 Å². The molecule has 0 aliphatic carbocycles. The SMILES string of the molecule is CC(C)Sc1nc(NCCN(C)C)c2ccccc2n1. The van der Waals surface area contributed by atoms with Gasteiger partial charge >= 0.3 is 0 Å². The molecule has 2 rings (SSSR count). The zero-order chi connectivity index (χ0) is 14.5. The molecule has 1 aromatic carbocycles. The van der Waals surface area contributed by atoms with E-state index in [4.69, 9.17) is 0 Å². The fraction of sp³-hybridized carbons (Fsp3) is 0.467. The van der Waals surface area contributed by atoms with Crippen molar-refractivity contribution in [3.8, 4) is 0 Å². The van der Waals surface area contributed by atoms with Crippen molar-refractivity contribution in [2.24, 2.45) is 0 Å². The van der Waals surface area contributed by atoms with Crippen LogP contribution in [-0.4, -0.2) is 47.3 Å². The van der Waals surface area contributed by atoms with Gasteiger partial charge < -0.3 is 10.2 Å². The molecule has 0 bridgehead atoms. The van der Waals surface area contributed by atoms with Gasteiger partial charge in [-0.25, -0.2) is 9.97 Å². The first kappa shape index (κ1) is 15.1. The lowest BCUT2D eigenvalue weighted by atomic mass is 10.2. The largest absolute Gasteiger partial charge is 0.368 e. The Morgan fingerprint density at radius 1 is 1.20 bits per heavy atom. The molecule has 5 heteroatoms. The van der Waals surface area contributed by atoms with Gasteiger partial charge in [0.1, 0.15) is 5.82 Å². The molecular formula is C15H22N4S. The molecular weight excluding hydrogens is 268 g/mol. The van der Waals surface area contributed by atoms with E-state index < -0.39 is 0 Å². The number of nitrogens with zero attached hydrogens (tertiary/aromatic N) is 3. The number of fused-ring (bicyclic) bond motifs is 1. The average molecular weight is 290 g/mol. The number of rotatable bonds is 6. The van der Waals surface area contributed by atoms with Crippen LogP contribution in [0.15, 0.2) is 29.4 Å². The molecule has 1 heterocycles. The highest BCUT2D eigenvalue weighted by Gasteiger charge is 2.09. The molecule has 2 aromatic rings. The van der Waals surface area contributed by atoms with Gasteiger partial charge in [-0.15, -0.1) is 0 Å². The van der Waals surface area contributed by atoms with Crippen molar-refractivity contribution in [3.63, 3.8) is 0 Å².